The molecular formula is C18H21N4O7+. The average Bonchev–Trinajstić information content (AvgIpc) is 2.87. The van der Waals surface area contributed by atoms with Crippen molar-refractivity contribution >= 4 is 35.3 Å². The lowest BCUT2D eigenvalue weighted by atomic mass is 10.0. The quantitative estimate of drug-likeness (QED) is 0.249. The van der Waals surface area contributed by atoms with Crippen LogP contribution in [0.2, 0.25) is 0 Å². The van der Waals surface area contributed by atoms with Gasteiger partial charge in [0.25, 0.3) is 5.91 Å². The minimum Gasteiger partial charge on any atom is -0.481 e. The van der Waals surface area contributed by atoms with Crippen LogP contribution in [0.25, 0.3) is 0 Å². The topological polar surface area (TPSA) is 167 Å². The number of aliphatic hydroxyl groups excluding tert-OH is 1. The third kappa shape index (κ3) is 3.28. The summed E-state index contributed by atoms with van der Waals surface area (Å²) in [7, 11) is 0. The summed E-state index contributed by atoms with van der Waals surface area (Å²) in [6.45, 7) is -0.977. The van der Waals surface area contributed by atoms with Gasteiger partial charge in [0.15, 0.2) is 0 Å². The van der Waals surface area contributed by atoms with E-state index in [9.17, 15) is 24.0 Å². The first-order valence-corrected chi connectivity index (χ1v) is 9.04. The molecule has 0 bridgehead atoms. The van der Waals surface area contributed by atoms with Crippen LogP contribution in [0.15, 0.2) is 18.2 Å². The molecule has 11 nitrogen and oxygen atoms in total. The van der Waals surface area contributed by atoms with E-state index in [1.807, 2.05) is 0 Å². The molecule has 3 rings (SSSR count). The first kappa shape index (κ1) is 20.6. The van der Waals surface area contributed by atoms with Gasteiger partial charge in [0.2, 0.25) is 11.9 Å². The van der Waals surface area contributed by atoms with Gasteiger partial charge in [-0.2, -0.15) is 5.43 Å². The highest BCUT2D eigenvalue weighted by atomic mass is 16.4. The van der Waals surface area contributed by atoms with Crippen LogP contribution in [0.1, 0.15) is 40.0 Å². The number of carboxylic acid groups (broad SMARTS) is 1. The Bertz CT molecular complexity index is 915. The molecule has 0 radical (unpaired) electrons. The predicted molar refractivity (Wildman–Crippen MR) is 96.9 cm³/mol. The van der Waals surface area contributed by atoms with E-state index in [1.165, 1.54) is 18.2 Å². The number of carbonyl (C=O) groups is 5. The first-order valence-electron chi connectivity index (χ1n) is 9.04. The fourth-order valence-corrected chi connectivity index (χ4v) is 3.79. The van der Waals surface area contributed by atoms with Crippen molar-refractivity contribution in [3.05, 3.63) is 29.3 Å². The maximum atomic E-state index is 13.3. The molecule has 154 valence electrons. The Kier molecular flexibility index (Phi) is 5.46. The Morgan fingerprint density at radius 1 is 1.21 bits per heavy atom. The van der Waals surface area contributed by atoms with Crippen LogP contribution in [-0.4, -0.2) is 75.0 Å². The molecule has 0 aromatic heterocycles. The van der Waals surface area contributed by atoms with Gasteiger partial charge in [-0.25, -0.2) is 9.59 Å². The van der Waals surface area contributed by atoms with Gasteiger partial charge >= 0.3 is 17.8 Å². The molecule has 2 atom stereocenters. The normalized spacial score (nSPS) is 24.2. The number of likely N-dealkylation sites (tertiary alicyclic amines) is 1. The van der Waals surface area contributed by atoms with Crippen LogP contribution >= 0.6 is 0 Å². The van der Waals surface area contributed by atoms with E-state index in [4.69, 9.17) is 15.9 Å². The van der Waals surface area contributed by atoms with Gasteiger partial charge in [-0.05, 0) is 18.2 Å². The van der Waals surface area contributed by atoms with Gasteiger partial charge in [-0.1, -0.05) is 0 Å². The number of imide groups is 2. The second-order valence-electron chi connectivity index (χ2n) is 6.85. The zero-order chi connectivity index (χ0) is 21.3. The lowest BCUT2D eigenvalue weighted by Gasteiger charge is -2.39. The number of benzene rings is 1. The van der Waals surface area contributed by atoms with E-state index < -0.39 is 46.8 Å². The van der Waals surface area contributed by atoms with Crippen LogP contribution in [0.4, 0.5) is 5.69 Å². The number of quaternary nitrogens is 1. The number of anilines is 1. The van der Waals surface area contributed by atoms with Crippen LogP contribution in [0, 0.1) is 0 Å². The van der Waals surface area contributed by atoms with Gasteiger partial charge in [-0.3, -0.25) is 19.3 Å². The zero-order valence-electron chi connectivity index (χ0n) is 15.5. The number of rotatable bonds is 7. The average molecular weight is 405 g/mol. The molecule has 11 heteroatoms. The van der Waals surface area contributed by atoms with Crippen LogP contribution in [-0.2, 0) is 14.4 Å². The highest BCUT2D eigenvalue weighted by Crippen LogP contribution is 2.35. The molecule has 0 aliphatic carbocycles. The maximum absolute atomic E-state index is 13.3. The number of nitrogens with two attached hydrogens (primary N) is 1. The Balaban J connectivity index is 2.07. The molecule has 29 heavy (non-hydrogen) atoms. The van der Waals surface area contributed by atoms with Gasteiger partial charge < -0.3 is 15.9 Å². The van der Waals surface area contributed by atoms with Gasteiger partial charge in [0.1, 0.15) is 5.56 Å². The first-order chi connectivity index (χ1) is 13.7. The molecule has 2 aliphatic rings. The molecule has 5 N–H and O–H groups in total. The summed E-state index contributed by atoms with van der Waals surface area (Å²) in [6, 6.07) is 2.89. The number of amides is 4. The van der Waals surface area contributed by atoms with E-state index in [-0.39, 0.29) is 49.2 Å². The van der Waals surface area contributed by atoms with E-state index in [0.29, 0.717) is 0 Å². The summed E-state index contributed by atoms with van der Waals surface area (Å²) in [5.41, 5.74) is 8.74. The van der Waals surface area contributed by atoms with Crippen LogP contribution < -0.4 is 11.2 Å². The van der Waals surface area contributed by atoms with Crippen molar-refractivity contribution < 1.29 is 38.8 Å². The number of carbonyl (C=O) groups excluding carboxylic acids is 4. The number of piperidine rings is 1. The SMILES string of the molecule is Nc1ccc2c(c1)C(=O)[N@+](NCCC(=O)O)(C1CCC(=O)N(CCO)C1=O)C2=O. The van der Waals surface area contributed by atoms with E-state index in [2.05, 4.69) is 5.43 Å². The minimum absolute atomic E-state index is 0.0243. The number of aliphatic hydroxyl groups is 1. The predicted octanol–water partition coefficient (Wildman–Crippen LogP) is -1.13. The van der Waals surface area contributed by atoms with Crippen molar-refractivity contribution in [2.75, 3.05) is 25.4 Å². The Labute approximate surface area is 165 Å². The lowest BCUT2D eigenvalue weighted by Crippen LogP contribution is -2.72. The number of carboxylic acids is 1. The van der Waals surface area contributed by atoms with Crippen molar-refractivity contribution in [3.8, 4) is 0 Å². The number of nitrogens with zero attached hydrogens (tertiary/aromatic N) is 2. The Hall–Kier alpha value is -3.15. The number of fused-ring (bicyclic) bond motifs is 1. The molecule has 0 saturated carbocycles. The van der Waals surface area contributed by atoms with Gasteiger partial charge in [-0.15, -0.1) is 4.59 Å². The van der Waals surface area contributed by atoms with Crippen molar-refractivity contribution in [1.82, 2.24) is 10.3 Å². The molecule has 0 spiro atoms. The van der Waals surface area contributed by atoms with Crippen LogP contribution in [0.5, 0.6) is 0 Å². The molecule has 4 amide bonds. The van der Waals surface area contributed by atoms with Gasteiger partial charge in [0.05, 0.1) is 31.7 Å². The van der Waals surface area contributed by atoms with E-state index >= 15 is 0 Å². The van der Waals surface area contributed by atoms with E-state index in [0.717, 1.165) is 4.90 Å². The maximum Gasteiger partial charge on any atom is 0.374 e. The van der Waals surface area contributed by atoms with Crippen LogP contribution in [0.3, 0.4) is 0 Å². The summed E-state index contributed by atoms with van der Waals surface area (Å²) < 4.78 is -1.14. The third-order valence-electron chi connectivity index (χ3n) is 5.12. The van der Waals surface area contributed by atoms with Crippen molar-refractivity contribution in [3.63, 3.8) is 0 Å². The number of nitrogen functional groups attached to an aromatic ring is 1. The lowest BCUT2D eigenvalue weighted by molar-refractivity contribution is -0.829. The fourth-order valence-electron chi connectivity index (χ4n) is 3.79. The summed E-state index contributed by atoms with van der Waals surface area (Å²) in [5.74, 6) is -3.89. The highest BCUT2D eigenvalue weighted by Gasteiger charge is 2.63. The summed E-state index contributed by atoms with van der Waals surface area (Å²) in [6.07, 6.45) is -0.573. The number of hydrogen-bond donors (Lipinski definition) is 4. The molecule has 1 aromatic carbocycles. The molecule has 2 aliphatic heterocycles. The summed E-state index contributed by atoms with van der Waals surface area (Å²) in [5, 5.41) is 18.1. The second-order valence-corrected chi connectivity index (χ2v) is 6.85. The third-order valence-corrected chi connectivity index (χ3v) is 5.12. The van der Waals surface area contributed by atoms with Gasteiger partial charge in [0, 0.05) is 18.5 Å². The van der Waals surface area contributed by atoms with Crippen molar-refractivity contribution in [2.24, 2.45) is 0 Å². The molecule has 1 aromatic rings. The molecule has 1 fully saturated rings. The monoisotopic (exact) mass is 405 g/mol. The highest BCUT2D eigenvalue weighted by molar-refractivity contribution is 6.16. The smallest absolute Gasteiger partial charge is 0.374 e. The number of β-amino-alcohol motifs (C(OH)–C–C–N with tert-alkyl or cyclic N) is 1. The second kappa shape index (κ2) is 7.70. The van der Waals surface area contributed by atoms with Crippen molar-refractivity contribution in [2.45, 2.75) is 25.3 Å². The van der Waals surface area contributed by atoms with E-state index in [1.54, 1.807) is 0 Å². The summed E-state index contributed by atoms with van der Waals surface area (Å²) >= 11 is 0. The largest absolute Gasteiger partial charge is 0.481 e. The Morgan fingerprint density at radius 3 is 2.55 bits per heavy atom. The molecule has 2 heterocycles. The standard InChI is InChI=1S/C18H20N4O7/c19-10-1-2-11-12(9-10)18(29)22(17(11)28,20-6-5-15(25)26)13-3-4-14(24)21(7-8-23)16(13)27/h1-2,9,13,20,23H,3-8H2,(H2-,19,25,26,28)/p+1/t13?,22-/m0/s1. The number of aliphatic carboxylic acids is 1. The molecule has 1 unspecified atom stereocenters. The zero-order valence-corrected chi connectivity index (χ0v) is 15.5. The summed E-state index contributed by atoms with van der Waals surface area (Å²) in [4.78, 5) is 63.5. The fraction of sp³-hybridized carbons (Fsp3) is 0.389. The Morgan fingerprint density at radius 2 is 1.90 bits per heavy atom. The number of nitrogens with one attached hydrogen (secondary N) is 1. The number of hydrogen-bond acceptors (Lipinski definition) is 8. The molecule has 1 saturated heterocycles. The molecular weight excluding hydrogens is 384 g/mol. The van der Waals surface area contributed by atoms with Crippen molar-refractivity contribution in [1.29, 1.82) is 0 Å². The minimum atomic E-state index is -1.28.